The minimum atomic E-state index is -0.780. The number of carboxylic acid groups (broad SMARTS) is 1. The number of likely N-dealkylation sites (tertiary alicyclic amines) is 1. The van der Waals surface area contributed by atoms with Gasteiger partial charge in [0.2, 0.25) is 0 Å². The number of carboxylic acids is 1. The molecular formula is C12H15N3O3. The molecule has 1 amide bonds. The highest BCUT2D eigenvalue weighted by molar-refractivity contribution is 5.93. The molecule has 96 valence electrons. The summed E-state index contributed by atoms with van der Waals surface area (Å²) >= 11 is 0. The summed E-state index contributed by atoms with van der Waals surface area (Å²) in [4.78, 5) is 24.3. The summed E-state index contributed by atoms with van der Waals surface area (Å²) in [5.41, 5.74) is 0.531. The molecule has 1 aliphatic rings. The zero-order valence-corrected chi connectivity index (χ0v) is 9.95. The quantitative estimate of drug-likeness (QED) is 0.853. The first-order valence-corrected chi connectivity index (χ1v) is 5.94. The molecule has 6 heteroatoms. The molecule has 6 nitrogen and oxygen atoms in total. The molecule has 1 aromatic heterocycles. The monoisotopic (exact) mass is 249 g/mol. The molecule has 1 fully saturated rings. The van der Waals surface area contributed by atoms with Crippen molar-refractivity contribution in [1.82, 2.24) is 15.1 Å². The van der Waals surface area contributed by atoms with Crippen molar-refractivity contribution in [3.8, 4) is 0 Å². The summed E-state index contributed by atoms with van der Waals surface area (Å²) in [6.45, 7) is 1.32. The maximum Gasteiger partial charge on any atom is 0.303 e. The van der Waals surface area contributed by atoms with E-state index in [4.69, 9.17) is 5.11 Å². The molecule has 1 saturated heterocycles. The van der Waals surface area contributed by atoms with E-state index in [1.54, 1.807) is 11.0 Å². The number of carbonyl (C=O) groups excluding carboxylic acids is 1. The van der Waals surface area contributed by atoms with Crippen molar-refractivity contribution in [2.75, 3.05) is 13.1 Å². The van der Waals surface area contributed by atoms with Crippen LogP contribution in [0.2, 0.25) is 0 Å². The second-order valence-electron chi connectivity index (χ2n) is 4.47. The molecule has 0 aliphatic carbocycles. The molecular weight excluding hydrogens is 234 g/mol. The Kier molecular flexibility index (Phi) is 3.86. The number of hydrogen-bond acceptors (Lipinski definition) is 4. The second kappa shape index (κ2) is 5.57. The molecule has 0 aromatic carbocycles. The lowest BCUT2D eigenvalue weighted by atomic mass is 10.0. The molecule has 18 heavy (non-hydrogen) atoms. The second-order valence-corrected chi connectivity index (χ2v) is 4.47. The number of rotatable bonds is 4. The smallest absolute Gasteiger partial charge is 0.303 e. The van der Waals surface area contributed by atoms with Gasteiger partial charge in [0, 0.05) is 19.5 Å². The van der Waals surface area contributed by atoms with Crippen LogP contribution in [0.1, 0.15) is 29.6 Å². The topological polar surface area (TPSA) is 83.4 Å². The Morgan fingerprint density at radius 2 is 2.28 bits per heavy atom. The maximum atomic E-state index is 12.1. The van der Waals surface area contributed by atoms with E-state index in [9.17, 15) is 9.59 Å². The van der Waals surface area contributed by atoms with Crippen LogP contribution in [-0.4, -0.2) is 45.2 Å². The fourth-order valence-electron chi connectivity index (χ4n) is 2.18. The van der Waals surface area contributed by atoms with Crippen LogP contribution in [0.5, 0.6) is 0 Å². The largest absolute Gasteiger partial charge is 0.481 e. The molecule has 0 saturated carbocycles. The van der Waals surface area contributed by atoms with E-state index in [1.165, 1.54) is 12.4 Å². The fourth-order valence-corrected chi connectivity index (χ4v) is 2.18. The van der Waals surface area contributed by atoms with Gasteiger partial charge < -0.3 is 10.0 Å². The summed E-state index contributed by atoms with van der Waals surface area (Å²) in [6.07, 6.45) is 4.62. The van der Waals surface area contributed by atoms with Gasteiger partial charge in [0.15, 0.2) is 0 Å². The van der Waals surface area contributed by atoms with Crippen molar-refractivity contribution in [3.05, 3.63) is 24.0 Å². The van der Waals surface area contributed by atoms with Gasteiger partial charge in [-0.3, -0.25) is 9.59 Å². The van der Waals surface area contributed by atoms with E-state index in [0.29, 0.717) is 31.0 Å². The minimum Gasteiger partial charge on any atom is -0.481 e. The third-order valence-electron chi connectivity index (χ3n) is 3.17. The first-order valence-electron chi connectivity index (χ1n) is 5.94. The Bertz CT molecular complexity index is 435. The van der Waals surface area contributed by atoms with Gasteiger partial charge in [0.25, 0.3) is 5.91 Å². The highest BCUT2D eigenvalue weighted by Crippen LogP contribution is 2.22. The number of hydrogen-bond donors (Lipinski definition) is 1. The minimum absolute atomic E-state index is 0.0530. The molecule has 0 bridgehead atoms. The Labute approximate surface area is 105 Å². The molecule has 2 heterocycles. The summed E-state index contributed by atoms with van der Waals surface area (Å²) in [5.74, 6) is -0.541. The van der Waals surface area contributed by atoms with Gasteiger partial charge in [-0.05, 0) is 24.8 Å². The molecule has 1 aliphatic heterocycles. The number of amides is 1. The van der Waals surface area contributed by atoms with Gasteiger partial charge in [0.1, 0.15) is 0 Å². The molecule has 1 aromatic rings. The van der Waals surface area contributed by atoms with E-state index in [0.717, 1.165) is 6.42 Å². The predicted molar refractivity (Wildman–Crippen MR) is 62.9 cm³/mol. The predicted octanol–water partition coefficient (Wildman–Crippen LogP) is 0.803. The summed E-state index contributed by atoms with van der Waals surface area (Å²) < 4.78 is 0. The molecule has 1 atom stereocenters. The van der Waals surface area contributed by atoms with Crippen LogP contribution in [0.4, 0.5) is 0 Å². The van der Waals surface area contributed by atoms with Crippen LogP contribution < -0.4 is 0 Å². The standard InChI is InChI=1S/C12H15N3O3/c16-11(17)2-1-9-4-6-15(8-9)12(18)10-3-5-13-14-7-10/h3,5,7,9H,1-2,4,6,8H2,(H,16,17). The van der Waals surface area contributed by atoms with Gasteiger partial charge >= 0.3 is 5.97 Å². The number of carbonyl (C=O) groups is 2. The number of aliphatic carboxylic acids is 1. The van der Waals surface area contributed by atoms with Gasteiger partial charge in [0.05, 0.1) is 18.0 Å². The molecule has 1 unspecified atom stereocenters. The van der Waals surface area contributed by atoms with Gasteiger partial charge in [-0.1, -0.05) is 0 Å². The van der Waals surface area contributed by atoms with Crippen LogP contribution in [0.3, 0.4) is 0 Å². The van der Waals surface area contributed by atoms with Crippen LogP contribution in [0.15, 0.2) is 18.5 Å². The Balaban J connectivity index is 1.89. The highest BCUT2D eigenvalue weighted by atomic mass is 16.4. The Hall–Kier alpha value is -1.98. The lowest BCUT2D eigenvalue weighted by molar-refractivity contribution is -0.137. The zero-order valence-electron chi connectivity index (χ0n) is 9.95. The Morgan fingerprint density at radius 1 is 1.44 bits per heavy atom. The molecule has 0 spiro atoms. The first kappa shape index (κ1) is 12.5. The van der Waals surface area contributed by atoms with Crippen LogP contribution in [0.25, 0.3) is 0 Å². The Morgan fingerprint density at radius 3 is 2.94 bits per heavy atom. The van der Waals surface area contributed by atoms with Crippen LogP contribution in [0, 0.1) is 5.92 Å². The molecule has 1 N–H and O–H groups in total. The zero-order chi connectivity index (χ0) is 13.0. The maximum absolute atomic E-state index is 12.1. The van der Waals surface area contributed by atoms with Crippen molar-refractivity contribution in [2.24, 2.45) is 5.92 Å². The fraction of sp³-hybridized carbons (Fsp3) is 0.500. The SMILES string of the molecule is O=C(O)CCC1CCN(C(=O)c2ccnnc2)C1. The molecule has 0 radical (unpaired) electrons. The average Bonchev–Trinajstić information content (AvgIpc) is 2.85. The lowest BCUT2D eigenvalue weighted by Gasteiger charge is -2.15. The third-order valence-corrected chi connectivity index (χ3v) is 3.17. The van der Waals surface area contributed by atoms with E-state index in [1.807, 2.05) is 0 Å². The van der Waals surface area contributed by atoms with Crippen molar-refractivity contribution in [2.45, 2.75) is 19.3 Å². The van der Waals surface area contributed by atoms with Crippen LogP contribution >= 0.6 is 0 Å². The van der Waals surface area contributed by atoms with Crippen molar-refractivity contribution in [3.63, 3.8) is 0 Å². The average molecular weight is 249 g/mol. The number of aromatic nitrogens is 2. The molecule has 2 rings (SSSR count). The van der Waals surface area contributed by atoms with E-state index in [2.05, 4.69) is 10.2 Å². The van der Waals surface area contributed by atoms with E-state index in [-0.39, 0.29) is 12.3 Å². The van der Waals surface area contributed by atoms with Crippen molar-refractivity contribution < 1.29 is 14.7 Å². The van der Waals surface area contributed by atoms with E-state index < -0.39 is 5.97 Å². The summed E-state index contributed by atoms with van der Waals surface area (Å²) in [7, 11) is 0. The van der Waals surface area contributed by atoms with Gasteiger partial charge in [-0.2, -0.15) is 10.2 Å². The first-order chi connectivity index (χ1) is 8.66. The highest BCUT2D eigenvalue weighted by Gasteiger charge is 2.27. The van der Waals surface area contributed by atoms with Crippen molar-refractivity contribution >= 4 is 11.9 Å². The van der Waals surface area contributed by atoms with Gasteiger partial charge in [-0.25, -0.2) is 0 Å². The van der Waals surface area contributed by atoms with Gasteiger partial charge in [-0.15, -0.1) is 0 Å². The van der Waals surface area contributed by atoms with E-state index >= 15 is 0 Å². The summed E-state index contributed by atoms with van der Waals surface area (Å²) in [5, 5.41) is 15.9. The summed E-state index contributed by atoms with van der Waals surface area (Å²) in [6, 6.07) is 1.64. The normalized spacial score (nSPS) is 18.9. The van der Waals surface area contributed by atoms with Crippen molar-refractivity contribution in [1.29, 1.82) is 0 Å². The lowest BCUT2D eigenvalue weighted by Crippen LogP contribution is -2.28. The number of nitrogens with zero attached hydrogens (tertiary/aromatic N) is 3. The van der Waals surface area contributed by atoms with Crippen LogP contribution in [-0.2, 0) is 4.79 Å². The third kappa shape index (κ3) is 3.03.